The number of nitrogens with zero attached hydrogens (tertiary/aromatic N) is 1. The first kappa shape index (κ1) is 10.3. The number of allylic oxidation sites excluding steroid dienone is 1. The zero-order chi connectivity index (χ0) is 8.69. The summed E-state index contributed by atoms with van der Waals surface area (Å²) >= 11 is 0. The maximum absolute atomic E-state index is 5.14. The van der Waals surface area contributed by atoms with Crippen LogP contribution in [0.25, 0.3) is 0 Å². The summed E-state index contributed by atoms with van der Waals surface area (Å²) in [5, 5.41) is 0. The molecule has 0 spiro atoms. The molecule has 0 saturated heterocycles. The van der Waals surface area contributed by atoms with Gasteiger partial charge >= 0.3 is 0 Å². The van der Waals surface area contributed by atoms with Gasteiger partial charge in [0.15, 0.2) is 0 Å². The number of hydrogen-bond acceptors (Lipinski definition) is 1. The van der Waals surface area contributed by atoms with Crippen LogP contribution in [0.4, 0.5) is 0 Å². The molecule has 0 atom stereocenters. The third kappa shape index (κ3) is 4.64. The number of rotatable bonds is 4. The van der Waals surface area contributed by atoms with Crippen LogP contribution in [-0.4, -0.2) is 24.5 Å². The van der Waals surface area contributed by atoms with Crippen molar-refractivity contribution in [3.05, 3.63) is 11.6 Å². The van der Waals surface area contributed by atoms with Crippen molar-refractivity contribution >= 4 is 0 Å². The van der Waals surface area contributed by atoms with Gasteiger partial charge in [-0.2, -0.15) is 0 Å². The number of likely N-dealkylation sites (N-methyl/N-ethyl adjacent to an activating group) is 1. The van der Waals surface area contributed by atoms with Gasteiger partial charge in [0.2, 0.25) is 0 Å². The Labute approximate surface area is 70.1 Å². The molecule has 0 unspecified atom stereocenters. The Morgan fingerprint density at radius 1 is 1.45 bits per heavy atom. The van der Waals surface area contributed by atoms with Gasteiger partial charge in [-0.3, -0.25) is 4.90 Å². The molecule has 0 aromatic carbocycles. The molecule has 0 aliphatic carbocycles. The van der Waals surface area contributed by atoms with E-state index in [2.05, 4.69) is 31.6 Å². The summed E-state index contributed by atoms with van der Waals surface area (Å²) < 4.78 is 0. The molecule has 0 aliphatic heterocycles. The minimum Gasteiger partial charge on any atom is -0.300 e. The molecule has 0 amide bonds. The average molecular weight is 151 g/mol. The van der Waals surface area contributed by atoms with E-state index in [0.29, 0.717) is 0 Å². The first-order valence-corrected chi connectivity index (χ1v) is 4.08. The fraction of sp³-hybridized carbons (Fsp3) is 0.600. The van der Waals surface area contributed by atoms with Crippen molar-refractivity contribution < 1.29 is 0 Å². The second-order valence-corrected chi connectivity index (χ2v) is 2.62. The van der Waals surface area contributed by atoms with E-state index in [1.165, 1.54) is 5.57 Å². The molecule has 0 N–H and O–H groups in total. The second-order valence-electron chi connectivity index (χ2n) is 2.62. The van der Waals surface area contributed by atoms with E-state index in [1.807, 2.05) is 6.08 Å². The molecule has 0 bridgehead atoms. The van der Waals surface area contributed by atoms with Gasteiger partial charge in [-0.1, -0.05) is 25.3 Å². The molecule has 0 aromatic heterocycles. The Morgan fingerprint density at radius 2 is 2.00 bits per heavy atom. The quantitative estimate of drug-likeness (QED) is 0.555. The van der Waals surface area contributed by atoms with E-state index < -0.39 is 0 Å². The molecule has 0 rings (SSSR count). The molecule has 0 heterocycles. The summed E-state index contributed by atoms with van der Waals surface area (Å²) in [6.07, 6.45) is 6.97. The molecule has 62 valence electrons. The predicted molar refractivity (Wildman–Crippen MR) is 50.4 cm³/mol. The highest BCUT2D eigenvalue weighted by Crippen LogP contribution is 1.96. The third-order valence-corrected chi connectivity index (χ3v) is 1.70. The summed E-state index contributed by atoms with van der Waals surface area (Å²) in [5.41, 5.74) is 1.26. The average Bonchev–Trinajstić information content (AvgIpc) is 2.01. The fourth-order valence-corrected chi connectivity index (χ4v) is 0.988. The Kier molecular flexibility index (Phi) is 5.60. The van der Waals surface area contributed by atoms with Gasteiger partial charge in [0.25, 0.3) is 0 Å². The molecule has 0 fully saturated rings. The lowest BCUT2D eigenvalue weighted by molar-refractivity contribution is 0.330. The van der Waals surface area contributed by atoms with Crippen LogP contribution >= 0.6 is 0 Å². The van der Waals surface area contributed by atoms with Crippen molar-refractivity contribution in [3.63, 3.8) is 0 Å². The highest BCUT2D eigenvalue weighted by molar-refractivity contribution is 5.16. The highest BCUT2D eigenvalue weighted by atomic mass is 15.1. The lowest BCUT2D eigenvalue weighted by Crippen LogP contribution is -2.24. The highest BCUT2D eigenvalue weighted by Gasteiger charge is 1.97. The molecule has 1 heteroatoms. The van der Waals surface area contributed by atoms with Crippen molar-refractivity contribution in [1.29, 1.82) is 0 Å². The van der Waals surface area contributed by atoms with Crippen molar-refractivity contribution in [2.75, 3.05) is 19.6 Å². The summed E-state index contributed by atoms with van der Waals surface area (Å²) in [6, 6.07) is 0. The molecular weight excluding hydrogens is 134 g/mol. The molecule has 11 heavy (non-hydrogen) atoms. The number of hydrogen-bond donors (Lipinski definition) is 0. The Hall–Kier alpha value is -0.740. The van der Waals surface area contributed by atoms with Crippen LogP contribution in [0.3, 0.4) is 0 Å². The summed E-state index contributed by atoms with van der Waals surface area (Å²) in [4.78, 5) is 2.34. The van der Waals surface area contributed by atoms with E-state index in [1.54, 1.807) is 0 Å². The topological polar surface area (TPSA) is 3.24 Å². The van der Waals surface area contributed by atoms with Crippen LogP contribution in [0.5, 0.6) is 0 Å². The van der Waals surface area contributed by atoms with Gasteiger partial charge in [0.05, 0.1) is 0 Å². The standard InChI is InChI=1S/C10H17N/c1-5-8-10(4)9-11(6-2)7-3/h1,8H,6-7,9H2,2-4H3. The molecule has 0 aliphatic rings. The largest absolute Gasteiger partial charge is 0.300 e. The molecule has 0 radical (unpaired) electrons. The van der Waals surface area contributed by atoms with Gasteiger partial charge in [0.1, 0.15) is 0 Å². The van der Waals surface area contributed by atoms with Crippen molar-refractivity contribution in [1.82, 2.24) is 4.90 Å². The van der Waals surface area contributed by atoms with Gasteiger partial charge in [0, 0.05) is 6.54 Å². The van der Waals surface area contributed by atoms with Crippen molar-refractivity contribution in [2.45, 2.75) is 20.8 Å². The molecule has 0 aromatic rings. The van der Waals surface area contributed by atoms with E-state index in [4.69, 9.17) is 6.42 Å². The van der Waals surface area contributed by atoms with Gasteiger partial charge in [-0.05, 0) is 26.1 Å². The van der Waals surface area contributed by atoms with Gasteiger partial charge in [-0.25, -0.2) is 0 Å². The summed E-state index contributed by atoms with van der Waals surface area (Å²) in [7, 11) is 0. The van der Waals surface area contributed by atoms with Crippen LogP contribution in [0.15, 0.2) is 11.6 Å². The Balaban J connectivity index is 3.83. The van der Waals surface area contributed by atoms with E-state index >= 15 is 0 Å². The first-order chi connectivity index (χ1) is 5.24. The van der Waals surface area contributed by atoms with E-state index in [-0.39, 0.29) is 0 Å². The summed E-state index contributed by atoms with van der Waals surface area (Å²) in [5.74, 6) is 2.53. The normalized spacial score (nSPS) is 11.7. The zero-order valence-corrected chi connectivity index (χ0v) is 7.72. The van der Waals surface area contributed by atoms with Crippen LogP contribution in [0.2, 0.25) is 0 Å². The van der Waals surface area contributed by atoms with E-state index in [0.717, 1.165) is 19.6 Å². The van der Waals surface area contributed by atoms with Crippen molar-refractivity contribution in [3.8, 4) is 12.3 Å². The monoisotopic (exact) mass is 151 g/mol. The second kappa shape index (κ2) is 6.00. The summed E-state index contributed by atoms with van der Waals surface area (Å²) in [6.45, 7) is 9.56. The van der Waals surface area contributed by atoms with Gasteiger partial charge in [-0.15, -0.1) is 6.42 Å². The number of terminal acetylenes is 1. The van der Waals surface area contributed by atoms with Crippen molar-refractivity contribution in [2.24, 2.45) is 0 Å². The minimum atomic E-state index is 0.997. The van der Waals surface area contributed by atoms with Crippen LogP contribution in [0, 0.1) is 12.3 Å². The predicted octanol–water partition coefficient (Wildman–Crippen LogP) is 1.91. The molecule has 1 nitrogen and oxygen atoms in total. The third-order valence-electron chi connectivity index (χ3n) is 1.70. The maximum atomic E-state index is 5.14. The minimum absolute atomic E-state index is 0.997. The lowest BCUT2D eigenvalue weighted by atomic mass is 10.2. The molecular formula is C10H17N. The molecule has 0 saturated carbocycles. The zero-order valence-electron chi connectivity index (χ0n) is 7.72. The fourth-order valence-electron chi connectivity index (χ4n) is 0.988. The van der Waals surface area contributed by atoms with Gasteiger partial charge < -0.3 is 0 Å². The first-order valence-electron chi connectivity index (χ1n) is 4.08. The lowest BCUT2D eigenvalue weighted by Gasteiger charge is -2.17. The van der Waals surface area contributed by atoms with E-state index in [9.17, 15) is 0 Å². The van der Waals surface area contributed by atoms with Crippen LogP contribution in [0.1, 0.15) is 20.8 Å². The maximum Gasteiger partial charge on any atom is 0.0199 e. The SMILES string of the molecule is C#CC=C(C)CN(CC)CC. The van der Waals surface area contributed by atoms with Crippen LogP contribution < -0.4 is 0 Å². The Bertz CT molecular complexity index is 158. The smallest absolute Gasteiger partial charge is 0.0199 e. The van der Waals surface area contributed by atoms with Crippen LogP contribution in [-0.2, 0) is 0 Å². The Morgan fingerprint density at radius 3 is 2.36 bits per heavy atom.